The van der Waals surface area contributed by atoms with Crippen molar-refractivity contribution in [2.24, 2.45) is 0 Å². The fourth-order valence-electron chi connectivity index (χ4n) is 2.32. The maximum absolute atomic E-state index is 13.5. The first-order valence-electron chi connectivity index (χ1n) is 7.13. The molecule has 2 aromatic heterocycles. The van der Waals surface area contributed by atoms with Gasteiger partial charge in [0.2, 0.25) is 5.91 Å². The Kier molecular flexibility index (Phi) is 3.92. The standard InChI is InChI=1S/C16H15FN4O2/c1-11(15(22)18-9-12-5-2-3-6-13(12)17)21-16(23)14-7-4-8-20(14)10-19-21/h2-8,10-11H,9H2,1H3,(H,18,22). The molecular weight excluding hydrogens is 299 g/mol. The summed E-state index contributed by atoms with van der Waals surface area (Å²) in [5.41, 5.74) is 0.468. The first-order valence-corrected chi connectivity index (χ1v) is 7.13. The molecule has 0 bridgehead atoms. The summed E-state index contributed by atoms with van der Waals surface area (Å²) in [5, 5.41) is 6.63. The molecule has 0 spiro atoms. The highest BCUT2D eigenvalue weighted by Gasteiger charge is 2.18. The highest BCUT2D eigenvalue weighted by Crippen LogP contribution is 2.07. The molecule has 2 heterocycles. The largest absolute Gasteiger partial charge is 0.350 e. The molecule has 1 N–H and O–H groups in total. The second kappa shape index (κ2) is 6.04. The van der Waals surface area contributed by atoms with Gasteiger partial charge in [0.15, 0.2) is 0 Å². The summed E-state index contributed by atoms with van der Waals surface area (Å²) >= 11 is 0. The number of rotatable bonds is 4. The Morgan fingerprint density at radius 2 is 2.09 bits per heavy atom. The van der Waals surface area contributed by atoms with Gasteiger partial charge in [-0.2, -0.15) is 5.10 Å². The van der Waals surface area contributed by atoms with Gasteiger partial charge >= 0.3 is 0 Å². The van der Waals surface area contributed by atoms with Crippen LogP contribution in [0.5, 0.6) is 0 Å². The van der Waals surface area contributed by atoms with Crippen molar-refractivity contribution < 1.29 is 9.18 Å². The van der Waals surface area contributed by atoms with Gasteiger partial charge in [-0.3, -0.25) is 9.59 Å². The van der Waals surface area contributed by atoms with Crippen molar-refractivity contribution >= 4 is 11.4 Å². The van der Waals surface area contributed by atoms with Crippen LogP contribution >= 0.6 is 0 Å². The van der Waals surface area contributed by atoms with E-state index in [0.717, 1.165) is 4.68 Å². The smallest absolute Gasteiger partial charge is 0.291 e. The van der Waals surface area contributed by atoms with Gasteiger partial charge in [-0.25, -0.2) is 9.07 Å². The highest BCUT2D eigenvalue weighted by atomic mass is 19.1. The molecule has 7 heteroatoms. The molecule has 0 radical (unpaired) electrons. The topological polar surface area (TPSA) is 68.4 Å². The zero-order valence-corrected chi connectivity index (χ0v) is 12.4. The fourth-order valence-corrected chi connectivity index (χ4v) is 2.32. The average Bonchev–Trinajstić information content (AvgIpc) is 3.03. The van der Waals surface area contributed by atoms with E-state index in [9.17, 15) is 14.0 Å². The minimum atomic E-state index is -0.797. The molecule has 1 unspecified atom stereocenters. The molecule has 0 aliphatic carbocycles. The van der Waals surface area contributed by atoms with Crippen molar-refractivity contribution in [2.75, 3.05) is 0 Å². The van der Waals surface area contributed by atoms with Crippen LogP contribution in [0.25, 0.3) is 5.52 Å². The lowest BCUT2D eigenvalue weighted by molar-refractivity contribution is -0.124. The van der Waals surface area contributed by atoms with E-state index in [2.05, 4.69) is 10.4 Å². The van der Waals surface area contributed by atoms with Crippen LogP contribution < -0.4 is 10.9 Å². The summed E-state index contributed by atoms with van der Waals surface area (Å²) < 4.78 is 16.2. The summed E-state index contributed by atoms with van der Waals surface area (Å²) in [6.07, 6.45) is 3.17. The number of carbonyl (C=O) groups excluding carboxylic acids is 1. The third-order valence-corrected chi connectivity index (χ3v) is 3.66. The Bertz CT molecular complexity index is 916. The molecule has 0 saturated carbocycles. The number of aromatic nitrogens is 3. The Balaban J connectivity index is 1.77. The van der Waals surface area contributed by atoms with Gasteiger partial charge in [0.05, 0.1) is 0 Å². The molecule has 0 aliphatic rings. The summed E-state index contributed by atoms with van der Waals surface area (Å²) in [4.78, 5) is 24.5. The van der Waals surface area contributed by atoms with Gasteiger partial charge in [0.25, 0.3) is 5.56 Å². The Morgan fingerprint density at radius 1 is 1.30 bits per heavy atom. The van der Waals surface area contributed by atoms with Crippen LogP contribution in [0.1, 0.15) is 18.5 Å². The Hall–Kier alpha value is -2.96. The van der Waals surface area contributed by atoms with Crippen LogP contribution in [-0.2, 0) is 11.3 Å². The van der Waals surface area contributed by atoms with Crippen LogP contribution in [0.15, 0.2) is 53.7 Å². The highest BCUT2D eigenvalue weighted by molar-refractivity contribution is 5.79. The number of nitrogens with zero attached hydrogens (tertiary/aromatic N) is 3. The number of halogens is 1. The second-order valence-corrected chi connectivity index (χ2v) is 5.17. The van der Waals surface area contributed by atoms with Gasteiger partial charge in [0.1, 0.15) is 23.7 Å². The normalized spacial score (nSPS) is 12.3. The quantitative estimate of drug-likeness (QED) is 0.794. The third kappa shape index (κ3) is 2.85. The van der Waals surface area contributed by atoms with Gasteiger partial charge in [-0.05, 0) is 25.1 Å². The number of hydrogen-bond acceptors (Lipinski definition) is 3. The molecule has 0 saturated heterocycles. The van der Waals surface area contributed by atoms with Crippen LogP contribution in [0, 0.1) is 5.82 Å². The van der Waals surface area contributed by atoms with E-state index in [1.54, 1.807) is 47.9 Å². The van der Waals surface area contributed by atoms with Crippen LogP contribution in [0.2, 0.25) is 0 Å². The van der Waals surface area contributed by atoms with E-state index in [-0.39, 0.29) is 17.9 Å². The van der Waals surface area contributed by atoms with E-state index in [1.807, 2.05) is 0 Å². The molecular formula is C16H15FN4O2. The monoisotopic (exact) mass is 314 g/mol. The number of benzene rings is 1. The number of carbonyl (C=O) groups is 1. The Labute approximate surface area is 131 Å². The molecule has 1 amide bonds. The van der Waals surface area contributed by atoms with E-state index < -0.39 is 11.9 Å². The van der Waals surface area contributed by atoms with Gasteiger partial charge in [0, 0.05) is 18.3 Å². The predicted molar refractivity (Wildman–Crippen MR) is 82.4 cm³/mol. The number of amides is 1. The zero-order chi connectivity index (χ0) is 16.4. The number of fused-ring (bicyclic) bond motifs is 1. The first kappa shape index (κ1) is 15.0. The van der Waals surface area contributed by atoms with E-state index in [1.165, 1.54) is 12.4 Å². The van der Waals surface area contributed by atoms with E-state index >= 15 is 0 Å². The Morgan fingerprint density at radius 3 is 2.87 bits per heavy atom. The van der Waals surface area contributed by atoms with Crippen molar-refractivity contribution in [1.82, 2.24) is 19.5 Å². The van der Waals surface area contributed by atoms with Crippen molar-refractivity contribution in [2.45, 2.75) is 19.5 Å². The molecule has 3 rings (SSSR count). The molecule has 1 aromatic carbocycles. The molecule has 3 aromatic rings. The first-order chi connectivity index (χ1) is 11.1. The minimum Gasteiger partial charge on any atom is -0.350 e. The SMILES string of the molecule is CC(C(=O)NCc1ccccc1F)n1ncn2cccc2c1=O. The minimum absolute atomic E-state index is 0.0535. The average molecular weight is 314 g/mol. The molecule has 0 aliphatic heterocycles. The summed E-state index contributed by atoms with van der Waals surface area (Å²) in [7, 11) is 0. The van der Waals surface area contributed by atoms with Crippen LogP contribution in [0.3, 0.4) is 0 Å². The number of hydrogen-bond donors (Lipinski definition) is 1. The molecule has 6 nitrogen and oxygen atoms in total. The lowest BCUT2D eigenvalue weighted by atomic mass is 10.2. The van der Waals surface area contributed by atoms with E-state index in [0.29, 0.717) is 11.1 Å². The van der Waals surface area contributed by atoms with Gasteiger partial charge in [-0.1, -0.05) is 18.2 Å². The summed E-state index contributed by atoms with van der Waals surface area (Å²) in [6, 6.07) is 8.79. The summed E-state index contributed by atoms with van der Waals surface area (Å²) in [5.74, 6) is -0.788. The molecule has 1 atom stereocenters. The second-order valence-electron chi connectivity index (χ2n) is 5.17. The van der Waals surface area contributed by atoms with Crippen molar-refractivity contribution in [3.8, 4) is 0 Å². The van der Waals surface area contributed by atoms with Crippen LogP contribution in [0.4, 0.5) is 4.39 Å². The van der Waals surface area contributed by atoms with E-state index in [4.69, 9.17) is 0 Å². The predicted octanol–water partition coefficient (Wildman–Crippen LogP) is 1.51. The van der Waals surface area contributed by atoms with Gasteiger partial charge < -0.3 is 9.72 Å². The maximum atomic E-state index is 13.5. The van der Waals surface area contributed by atoms with Crippen LogP contribution in [-0.4, -0.2) is 20.1 Å². The zero-order valence-electron chi connectivity index (χ0n) is 12.4. The summed E-state index contributed by atoms with van der Waals surface area (Å²) in [6.45, 7) is 1.63. The fraction of sp³-hybridized carbons (Fsp3) is 0.188. The molecule has 0 fully saturated rings. The lowest BCUT2D eigenvalue weighted by Crippen LogP contribution is -2.37. The lowest BCUT2D eigenvalue weighted by Gasteiger charge is -2.14. The van der Waals surface area contributed by atoms with Gasteiger partial charge in [-0.15, -0.1) is 0 Å². The number of nitrogens with one attached hydrogen (secondary N) is 1. The molecule has 118 valence electrons. The van der Waals surface area contributed by atoms with Crippen molar-refractivity contribution in [3.63, 3.8) is 0 Å². The van der Waals surface area contributed by atoms with Crippen molar-refractivity contribution in [3.05, 3.63) is 70.7 Å². The molecule has 23 heavy (non-hydrogen) atoms. The van der Waals surface area contributed by atoms with Crippen molar-refractivity contribution in [1.29, 1.82) is 0 Å². The third-order valence-electron chi connectivity index (χ3n) is 3.66. The maximum Gasteiger partial charge on any atom is 0.291 e.